The lowest BCUT2D eigenvalue weighted by Crippen LogP contribution is -2.72. The maximum atomic E-state index is 14.6. The first kappa shape index (κ1) is 43.7. The topological polar surface area (TPSA) is 277 Å². The second-order valence-corrected chi connectivity index (χ2v) is 20.2. The van der Waals surface area contributed by atoms with Gasteiger partial charge in [-0.1, -0.05) is 46.3 Å². The van der Waals surface area contributed by atoms with Crippen molar-refractivity contribution in [1.29, 1.82) is 0 Å². The van der Waals surface area contributed by atoms with E-state index >= 15 is 0 Å². The van der Waals surface area contributed by atoms with Crippen molar-refractivity contribution in [3.05, 3.63) is 11.6 Å². The van der Waals surface area contributed by atoms with E-state index in [2.05, 4.69) is 26.8 Å². The summed E-state index contributed by atoms with van der Waals surface area (Å²) in [4.78, 5) is 14.6. The zero-order valence-electron chi connectivity index (χ0n) is 33.8. The fraction of sp³-hybridized carbons (Fsp3) is 0.927. The number of rotatable bonds is 6. The summed E-state index contributed by atoms with van der Waals surface area (Å²) in [6.45, 7) is 10.8. The minimum absolute atomic E-state index is 0.0975. The number of carbonyl (C=O) groups excluding carboxylic acids is 1. The van der Waals surface area contributed by atoms with Crippen LogP contribution in [0, 0.1) is 44.8 Å². The van der Waals surface area contributed by atoms with Gasteiger partial charge in [-0.15, -0.1) is 0 Å². The molecule has 0 aromatic carbocycles. The van der Waals surface area contributed by atoms with Crippen LogP contribution in [0.5, 0.6) is 0 Å². The van der Waals surface area contributed by atoms with Crippen LogP contribution >= 0.6 is 0 Å². The number of hydrogen-bond donors (Lipinski definition) is 11. The Morgan fingerprint density at radius 2 is 1.26 bits per heavy atom. The molecule has 11 N–H and O–H groups in total. The van der Waals surface area contributed by atoms with E-state index < -0.39 is 138 Å². The lowest BCUT2D eigenvalue weighted by Gasteiger charge is -2.71. The van der Waals surface area contributed by atoms with Crippen molar-refractivity contribution in [1.82, 2.24) is 0 Å². The average Bonchev–Trinajstić information content (AvgIpc) is 3.16. The summed E-state index contributed by atoms with van der Waals surface area (Å²) < 4.78 is 23.6. The molecule has 326 valence electrons. The van der Waals surface area contributed by atoms with Gasteiger partial charge in [0, 0.05) is 5.92 Å². The Balaban J connectivity index is 1.23. The number of hydrogen-bond acceptors (Lipinski definition) is 16. The Bertz CT molecular complexity index is 1560. The Labute approximate surface area is 333 Å². The van der Waals surface area contributed by atoms with Crippen LogP contribution in [0.4, 0.5) is 0 Å². The molecule has 0 radical (unpaired) electrons. The van der Waals surface area contributed by atoms with Gasteiger partial charge in [-0.3, -0.25) is 4.79 Å². The van der Waals surface area contributed by atoms with Gasteiger partial charge in [0.1, 0.15) is 60.5 Å². The van der Waals surface area contributed by atoms with Crippen LogP contribution in [-0.2, 0) is 23.7 Å². The van der Waals surface area contributed by atoms with E-state index in [4.69, 9.17) is 18.9 Å². The summed E-state index contributed by atoms with van der Waals surface area (Å²) in [5.41, 5.74) is -4.03. The quantitative estimate of drug-likeness (QED) is 0.113. The molecule has 5 aliphatic carbocycles. The van der Waals surface area contributed by atoms with Gasteiger partial charge in [0.05, 0.1) is 30.8 Å². The molecule has 0 aromatic rings. The molecule has 0 amide bonds. The molecule has 0 spiro atoms. The third-order valence-electron chi connectivity index (χ3n) is 17.1. The number of aliphatic hydroxyl groups excluding tert-OH is 11. The minimum Gasteiger partial charge on any atom is -0.432 e. The van der Waals surface area contributed by atoms with Crippen LogP contribution in [0.2, 0.25) is 0 Å². The maximum absolute atomic E-state index is 14.6. The van der Waals surface area contributed by atoms with Gasteiger partial charge in [0.25, 0.3) is 0 Å². The van der Waals surface area contributed by atoms with Crippen LogP contribution in [-0.4, -0.2) is 161 Å². The van der Waals surface area contributed by atoms with Crippen LogP contribution in [0.1, 0.15) is 92.9 Å². The number of esters is 1. The molecule has 21 atom stereocenters. The fourth-order valence-corrected chi connectivity index (χ4v) is 13.3. The molecule has 0 bridgehead atoms. The molecule has 16 nitrogen and oxygen atoms in total. The van der Waals surface area contributed by atoms with Crippen LogP contribution in [0.15, 0.2) is 11.6 Å². The Kier molecular flexibility index (Phi) is 11.2. The molecule has 0 aromatic heterocycles. The summed E-state index contributed by atoms with van der Waals surface area (Å²) in [6, 6.07) is 0. The van der Waals surface area contributed by atoms with E-state index in [1.807, 2.05) is 13.8 Å². The molecule has 57 heavy (non-hydrogen) atoms. The van der Waals surface area contributed by atoms with E-state index in [0.29, 0.717) is 44.9 Å². The fourth-order valence-electron chi connectivity index (χ4n) is 13.3. The summed E-state index contributed by atoms with van der Waals surface area (Å²) >= 11 is 0. The number of ether oxygens (including phenoxy) is 4. The standard InChI is InChI=1S/C41H66O16/c1-36(2)11-13-41(35(53)56-33-29(49)27(47)25(45)20(16-42)54-33)14-12-38(4)18(24(41)32(36)52)7-8-22-37(3)15-19(44)31(51)40(6,23(37)9-10-39(22,38)5)57-34-30(50)28(48)26(46)21(17-43)55-34/h7,19-34,42-52H,8-17H2,1-6H3/t19-,20-,21-,22-,23-,24-,25-,26-,27+,28+,29-,30-,31+,32+,33+,34+,37-,38-,39-,40+,41+/m1/s1. The Morgan fingerprint density at radius 1 is 0.702 bits per heavy atom. The summed E-state index contributed by atoms with van der Waals surface area (Å²) in [5, 5.41) is 119. The highest BCUT2D eigenvalue weighted by atomic mass is 16.7. The average molecular weight is 815 g/mol. The van der Waals surface area contributed by atoms with Gasteiger partial charge in [-0.05, 0) is 91.8 Å². The largest absolute Gasteiger partial charge is 0.432 e. The zero-order valence-corrected chi connectivity index (χ0v) is 33.8. The third kappa shape index (κ3) is 6.17. The Morgan fingerprint density at radius 3 is 1.86 bits per heavy atom. The van der Waals surface area contributed by atoms with Gasteiger partial charge in [-0.2, -0.15) is 0 Å². The van der Waals surface area contributed by atoms with Crippen LogP contribution in [0.25, 0.3) is 0 Å². The van der Waals surface area contributed by atoms with Crippen molar-refractivity contribution < 1.29 is 79.9 Å². The lowest BCUT2D eigenvalue weighted by molar-refractivity contribution is -0.365. The Hall–Kier alpha value is -1.35. The molecular weight excluding hydrogens is 748 g/mol. The van der Waals surface area contributed by atoms with E-state index in [1.165, 1.54) is 0 Å². The molecule has 4 saturated carbocycles. The van der Waals surface area contributed by atoms with Gasteiger partial charge < -0.3 is 75.1 Å². The van der Waals surface area contributed by atoms with E-state index in [0.717, 1.165) is 5.57 Å². The van der Waals surface area contributed by atoms with Gasteiger partial charge in [0.15, 0.2) is 6.29 Å². The third-order valence-corrected chi connectivity index (χ3v) is 17.1. The normalized spacial score (nSPS) is 56.0. The van der Waals surface area contributed by atoms with Crippen LogP contribution < -0.4 is 0 Å². The zero-order chi connectivity index (χ0) is 42.0. The number of allylic oxidation sites excluding steroid dienone is 1. The highest BCUT2D eigenvalue weighted by Crippen LogP contribution is 2.75. The van der Waals surface area contributed by atoms with Crippen molar-refractivity contribution >= 4 is 5.97 Å². The number of fused-ring (bicyclic) bond motifs is 7. The SMILES string of the molecule is CC1(C)CC[C@]2(C(=O)O[C@@H]3O[C@H](CO)[C@@H](O)[C@H](O)[C@H]3O)CC[C@]3(C)C(=CC[C@@H]4[C@@]5(C)C[C@@H](O)[C@H](O)[C@@](C)(O[C@@H]6O[C@H](CO)[C@@H](O)[C@H](O)[C@H]6O)[C@@H]5CC[C@]43C)[C@@H]2[C@@H]1O. The van der Waals surface area contributed by atoms with Crippen molar-refractivity contribution in [3.63, 3.8) is 0 Å². The summed E-state index contributed by atoms with van der Waals surface area (Å²) in [7, 11) is 0. The molecule has 7 rings (SSSR count). The molecule has 2 aliphatic heterocycles. The van der Waals surface area contributed by atoms with E-state index in [1.54, 1.807) is 6.92 Å². The van der Waals surface area contributed by atoms with Gasteiger partial charge in [0.2, 0.25) is 6.29 Å². The molecule has 16 heteroatoms. The molecule has 2 saturated heterocycles. The van der Waals surface area contributed by atoms with Crippen molar-refractivity contribution in [2.24, 2.45) is 44.8 Å². The predicted molar refractivity (Wildman–Crippen MR) is 197 cm³/mol. The summed E-state index contributed by atoms with van der Waals surface area (Å²) in [6.07, 6.45) is -13.6. The summed E-state index contributed by atoms with van der Waals surface area (Å²) in [5.74, 6) is -1.86. The van der Waals surface area contributed by atoms with Crippen molar-refractivity contribution in [3.8, 4) is 0 Å². The number of carbonyl (C=O) groups is 1. The first-order valence-electron chi connectivity index (χ1n) is 20.7. The predicted octanol–water partition coefficient (Wildman–Crippen LogP) is -1.02. The molecular formula is C41H66O16. The highest BCUT2D eigenvalue weighted by molar-refractivity contribution is 5.79. The molecule has 2 heterocycles. The smallest absolute Gasteiger partial charge is 0.315 e. The van der Waals surface area contributed by atoms with Gasteiger partial charge in [-0.25, -0.2) is 0 Å². The second-order valence-electron chi connectivity index (χ2n) is 20.2. The lowest BCUT2D eigenvalue weighted by atomic mass is 9.34. The van der Waals surface area contributed by atoms with E-state index in [9.17, 15) is 61.0 Å². The maximum Gasteiger partial charge on any atom is 0.315 e. The molecule has 6 fully saturated rings. The van der Waals surface area contributed by atoms with E-state index in [-0.39, 0.29) is 18.3 Å². The van der Waals surface area contributed by atoms with Crippen LogP contribution in [0.3, 0.4) is 0 Å². The van der Waals surface area contributed by atoms with Crippen molar-refractivity contribution in [2.75, 3.05) is 13.2 Å². The first-order valence-corrected chi connectivity index (χ1v) is 20.7. The highest BCUT2D eigenvalue weighted by Gasteiger charge is 2.73. The van der Waals surface area contributed by atoms with Gasteiger partial charge >= 0.3 is 5.97 Å². The monoisotopic (exact) mass is 814 g/mol. The number of aliphatic hydroxyl groups is 11. The van der Waals surface area contributed by atoms with Crippen molar-refractivity contribution in [2.45, 2.75) is 178 Å². The molecule has 7 aliphatic rings. The minimum atomic E-state index is -1.77. The molecule has 0 unspecified atom stereocenters. The first-order chi connectivity index (χ1) is 26.5. The second kappa shape index (κ2) is 14.6.